The number of hydrogen-bond acceptors (Lipinski definition) is 7. The lowest BCUT2D eigenvalue weighted by Crippen LogP contribution is -2.36. The van der Waals surface area contributed by atoms with Gasteiger partial charge in [0.2, 0.25) is 11.9 Å². The van der Waals surface area contributed by atoms with Crippen molar-refractivity contribution >= 4 is 40.9 Å². The van der Waals surface area contributed by atoms with E-state index in [0.717, 1.165) is 36.8 Å². The number of halogens is 1. The number of nitrogens with one attached hydrogen (secondary N) is 1. The van der Waals surface area contributed by atoms with Crippen molar-refractivity contribution in [3.05, 3.63) is 46.9 Å². The maximum absolute atomic E-state index is 12.7. The van der Waals surface area contributed by atoms with Gasteiger partial charge in [-0.25, -0.2) is 0 Å². The molecular formula is C23H28ClN5O3S. The fourth-order valence-electron chi connectivity index (χ4n) is 3.94. The molecule has 2 aromatic heterocycles. The van der Waals surface area contributed by atoms with E-state index < -0.39 is 0 Å². The van der Waals surface area contributed by atoms with Crippen molar-refractivity contribution in [2.75, 3.05) is 36.2 Å². The van der Waals surface area contributed by atoms with E-state index in [1.165, 1.54) is 18.2 Å². The number of thioether (sulfide) groups is 1. The van der Waals surface area contributed by atoms with Crippen LogP contribution in [0, 0.1) is 12.8 Å². The van der Waals surface area contributed by atoms with Crippen molar-refractivity contribution < 1.29 is 13.9 Å². The lowest BCUT2D eigenvalue weighted by Gasteiger charge is -2.31. The Kier molecular flexibility index (Phi) is 7.49. The summed E-state index contributed by atoms with van der Waals surface area (Å²) in [5.41, 5.74) is 1.45. The standard InChI is InChI=1S/C23H28ClN5O3S/c1-15-6-4-8-28(12-15)22-26-27-23(29(22)13-17-7-5-9-32-17)33-14-21(30)25-19-10-16(2)18(24)11-20(19)31-3/h5,7,9-11,15H,4,6,8,12-14H2,1-3H3,(H,25,30)/t15-/m0/s1. The number of carbonyl (C=O) groups is 1. The van der Waals surface area contributed by atoms with Crippen LogP contribution in [0.5, 0.6) is 5.75 Å². The first-order chi connectivity index (χ1) is 15.9. The number of hydrogen-bond donors (Lipinski definition) is 1. The molecule has 3 heterocycles. The Labute approximate surface area is 202 Å². The molecule has 0 radical (unpaired) electrons. The highest BCUT2D eigenvalue weighted by Gasteiger charge is 2.24. The molecule has 0 spiro atoms. The summed E-state index contributed by atoms with van der Waals surface area (Å²) >= 11 is 7.51. The maximum atomic E-state index is 12.7. The van der Waals surface area contributed by atoms with Crippen LogP contribution < -0.4 is 15.0 Å². The van der Waals surface area contributed by atoms with Gasteiger partial charge in [-0.15, -0.1) is 10.2 Å². The molecule has 0 bridgehead atoms. The molecule has 33 heavy (non-hydrogen) atoms. The SMILES string of the molecule is COc1cc(Cl)c(C)cc1NC(=O)CSc1nnc(N2CCC[C@H](C)C2)n1Cc1ccco1. The molecule has 8 nitrogen and oxygen atoms in total. The van der Waals surface area contributed by atoms with Crippen LogP contribution in [0.2, 0.25) is 5.02 Å². The van der Waals surface area contributed by atoms with Crippen molar-refractivity contribution in [1.82, 2.24) is 14.8 Å². The molecule has 1 amide bonds. The highest BCUT2D eigenvalue weighted by atomic mass is 35.5. The average Bonchev–Trinajstić information content (AvgIpc) is 3.45. The Balaban J connectivity index is 1.49. The summed E-state index contributed by atoms with van der Waals surface area (Å²) in [5, 5.41) is 13.1. The number of methoxy groups -OCH3 is 1. The summed E-state index contributed by atoms with van der Waals surface area (Å²) in [5.74, 6) is 2.77. The molecule has 3 aromatic rings. The zero-order valence-electron chi connectivity index (χ0n) is 19.0. The van der Waals surface area contributed by atoms with Gasteiger partial charge in [-0.05, 0) is 49.4 Å². The third-order valence-corrected chi connectivity index (χ3v) is 6.99. The molecule has 10 heteroatoms. The van der Waals surface area contributed by atoms with Crippen LogP contribution in [0.3, 0.4) is 0 Å². The minimum absolute atomic E-state index is 0.166. The predicted octanol–water partition coefficient (Wildman–Crippen LogP) is 4.86. The van der Waals surface area contributed by atoms with Gasteiger partial charge in [0, 0.05) is 24.2 Å². The Bertz CT molecular complexity index is 1100. The molecule has 1 aliphatic heterocycles. The Morgan fingerprint density at radius 1 is 1.39 bits per heavy atom. The molecule has 0 aliphatic carbocycles. The molecular weight excluding hydrogens is 462 g/mol. The number of ether oxygens (including phenoxy) is 1. The van der Waals surface area contributed by atoms with Gasteiger partial charge in [-0.2, -0.15) is 0 Å². The molecule has 1 aromatic carbocycles. The largest absolute Gasteiger partial charge is 0.495 e. The average molecular weight is 490 g/mol. The third-order valence-electron chi connectivity index (χ3n) is 5.62. The summed E-state index contributed by atoms with van der Waals surface area (Å²) in [6.45, 7) is 6.53. The molecule has 1 fully saturated rings. The van der Waals surface area contributed by atoms with E-state index in [4.69, 9.17) is 20.8 Å². The zero-order chi connectivity index (χ0) is 23.4. The van der Waals surface area contributed by atoms with Gasteiger partial charge in [0.25, 0.3) is 0 Å². The number of amides is 1. The fourth-order valence-corrected chi connectivity index (χ4v) is 4.82. The predicted molar refractivity (Wildman–Crippen MR) is 131 cm³/mol. The molecule has 0 unspecified atom stereocenters. The summed E-state index contributed by atoms with van der Waals surface area (Å²) < 4.78 is 13.0. The van der Waals surface area contributed by atoms with Crippen LogP contribution in [0.1, 0.15) is 31.1 Å². The van der Waals surface area contributed by atoms with Crippen molar-refractivity contribution in [1.29, 1.82) is 0 Å². The van der Waals surface area contributed by atoms with Crippen molar-refractivity contribution in [2.24, 2.45) is 5.92 Å². The molecule has 1 N–H and O–H groups in total. The first-order valence-corrected chi connectivity index (χ1v) is 12.3. The van der Waals surface area contributed by atoms with Crippen molar-refractivity contribution in [3.63, 3.8) is 0 Å². The van der Waals surface area contributed by atoms with E-state index in [0.29, 0.717) is 34.1 Å². The van der Waals surface area contributed by atoms with Crippen molar-refractivity contribution in [2.45, 2.75) is 38.4 Å². The summed E-state index contributed by atoms with van der Waals surface area (Å²) in [6.07, 6.45) is 4.00. The van der Waals surface area contributed by atoms with Crippen LogP contribution in [0.4, 0.5) is 11.6 Å². The molecule has 176 valence electrons. The lowest BCUT2D eigenvalue weighted by atomic mass is 10.0. The van der Waals surface area contributed by atoms with Gasteiger partial charge in [-0.1, -0.05) is 30.3 Å². The first-order valence-electron chi connectivity index (χ1n) is 10.9. The number of aryl methyl sites for hydroxylation is 1. The molecule has 1 aliphatic rings. The van der Waals surface area contributed by atoms with E-state index in [9.17, 15) is 4.79 Å². The molecule has 1 saturated heterocycles. The molecule has 1 atom stereocenters. The Morgan fingerprint density at radius 3 is 2.97 bits per heavy atom. The van der Waals surface area contributed by atoms with Gasteiger partial charge >= 0.3 is 0 Å². The van der Waals surface area contributed by atoms with E-state index in [1.54, 1.807) is 25.5 Å². The number of benzene rings is 1. The third kappa shape index (κ3) is 5.65. The topological polar surface area (TPSA) is 85.4 Å². The van der Waals surface area contributed by atoms with Gasteiger partial charge in [0.05, 0.1) is 31.4 Å². The number of carbonyl (C=O) groups excluding carboxylic acids is 1. The second-order valence-corrected chi connectivity index (χ2v) is 9.63. The van der Waals surface area contributed by atoms with Gasteiger partial charge < -0.3 is 19.4 Å². The monoisotopic (exact) mass is 489 g/mol. The number of nitrogens with zero attached hydrogens (tertiary/aromatic N) is 4. The van der Waals surface area contributed by atoms with E-state index in [-0.39, 0.29) is 11.7 Å². The Morgan fingerprint density at radius 2 is 2.24 bits per heavy atom. The number of anilines is 2. The van der Waals surface area contributed by atoms with Crippen molar-refractivity contribution in [3.8, 4) is 5.75 Å². The maximum Gasteiger partial charge on any atom is 0.234 e. The van der Waals surface area contributed by atoms with Gasteiger partial charge in [0.1, 0.15) is 11.5 Å². The number of furan rings is 1. The van der Waals surface area contributed by atoms with Gasteiger partial charge in [0.15, 0.2) is 5.16 Å². The zero-order valence-corrected chi connectivity index (χ0v) is 20.6. The second kappa shape index (κ2) is 10.5. The number of rotatable bonds is 8. The normalized spacial score (nSPS) is 16.1. The molecule has 0 saturated carbocycles. The van der Waals surface area contributed by atoms with Crippen LogP contribution >= 0.6 is 23.4 Å². The van der Waals surface area contributed by atoms with Crippen LogP contribution in [0.25, 0.3) is 0 Å². The minimum atomic E-state index is -0.166. The minimum Gasteiger partial charge on any atom is -0.495 e. The first kappa shape index (κ1) is 23.5. The molecule has 4 rings (SSSR count). The van der Waals surface area contributed by atoms with E-state index in [2.05, 4.69) is 27.3 Å². The quantitative estimate of drug-likeness (QED) is 0.452. The summed E-state index contributed by atoms with van der Waals surface area (Å²) in [4.78, 5) is 15.0. The highest BCUT2D eigenvalue weighted by molar-refractivity contribution is 7.99. The fraction of sp³-hybridized carbons (Fsp3) is 0.435. The van der Waals surface area contributed by atoms with Crippen LogP contribution in [-0.4, -0.2) is 46.6 Å². The number of aromatic nitrogens is 3. The van der Waals surface area contributed by atoms with Crippen LogP contribution in [-0.2, 0) is 11.3 Å². The lowest BCUT2D eigenvalue weighted by molar-refractivity contribution is -0.113. The smallest absolute Gasteiger partial charge is 0.234 e. The Hall–Kier alpha value is -2.65. The van der Waals surface area contributed by atoms with Crippen LogP contribution in [0.15, 0.2) is 40.1 Å². The van der Waals surface area contributed by atoms with E-state index in [1.807, 2.05) is 23.6 Å². The van der Waals surface area contributed by atoms with E-state index >= 15 is 0 Å². The summed E-state index contributed by atoms with van der Waals surface area (Å²) in [6, 6.07) is 7.30. The summed E-state index contributed by atoms with van der Waals surface area (Å²) in [7, 11) is 1.55. The second-order valence-electron chi connectivity index (χ2n) is 8.28. The van der Waals surface area contributed by atoms with Gasteiger partial charge in [-0.3, -0.25) is 9.36 Å². The number of piperidine rings is 1. The highest BCUT2D eigenvalue weighted by Crippen LogP contribution is 2.32.